The van der Waals surface area contributed by atoms with E-state index in [1.807, 2.05) is 0 Å². The fraction of sp³-hybridized carbons (Fsp3) is 0.400. The van der Waals surface area contributed by atoms with Crippen LogP contribution in [0.3, 0.4) is 0 Å². The standard InChI is InChI=1S/C10H12ClNO3/c11-6-1-2-8-10(15-5-14-8)9(6)7(13)3-4-12/h1-2,7,13H,3-5,12H2. The number of benzene rings is 1. The first-order valence-corrected chi connectivity index (χ1v) is 5.08. The maximum atomic E-state index is 9.87. The Morgan fingerprint density at radius 1 is 1.47 bits per heavy atom. The molecule has 0 spiro atoms. The van der Waals surface area contributed by atoms with Gasteiger partial charge >= 0.3 is 0 Å². The van der Waals surface area contributed by atoms with Gasteiger partial charge in [0.2, 0.25) is 6.79 Å². The molecule has 1 aromatic rings. The summed E-state index contributed by atoms with van der Waals surface area (Å²) < 4.78 is 10.5. The van der Waals surface area contributed by atoms with Crippen LogP contribution in [0.25, 0.3) is 0 Å². The summed E-state index contributed by atoms with van der Waals surface area (Å²) in [7, 11) is 0. The van der Waals surface area contributed by atoms with Gasteiger partial charge in [0.25, 0.3) is 0 Å². The lowest BCUT2D eigenvalue weighted by Gasteiger charge is -2.13. The smallest absolute Gasteiger partial charge is 0.231 e. The van der Waals surface area contributed by atoms with Gasteiger partial charge in [-0.25, -0.2) is 0 Å². The molecule has 0 fully saturated rings. The Morgan fingerprint density at radius 3 is 3.00 bits per heavy atom. The highest BCUT2D eigenvalue weighted by atomic mass is 35.5. The van der Waals surface area contributed by atoms with Crippen LogP contribution in [0, 0.1) is 0 Å². The molecular formula is C10H12ClNO3. The first kappa shape index (κ1) is 10.5. The fourth-order valence-corrected chi connectivity index (χ4v) is 1.86. The second kappa shape index (κ2) is 4.26. The molecule has 4 nitrogen and oxygen atoms in total. The molecule has 0 radical (unpaired) electrons. The number of fused-ring (bicyclic) bond motifs is 1. The molecule has 2 rings (SSSR count). The predicted molar refractivity (Wildman–Crippen MR) is 56.2 cm³/mol. The van der Waals surface area contributed by atoms with Crippen LogP contribution in [0.1, 0.15) is 18.1 Å². The van der Waals surface area contributed by atoms with Gasteiger partial charge in [-0.3, -0.25) is 0 Å². The van der Waals surface area contributed by atoms with Crippen LogP contribution in [0.5, 0.6) is 11.5 Å². The molecule has 3 N–H and O–H groups in total. The Bertz CT molecular complexity index is 370. The van der Waals surface area contributed by atoms with Crippen molar-refractivity contribution < 1.29 is 14.6 Å². The summed E-state index contributed by atoms with van der Waals surface area (Å²) in [6, 6.07) is 3.41. The Hall–Kier alpha value is -0.970. The third kappa shape index (κ3) is 1.88. The van der Waals surface area contributed by atoms with Crippen molar-refractivity contribution in [3.8, 4) is 11.5 Å². The first-order chi connectivity index (χ1) is 7.24. The number of aliphatic hydroxyl groups is 1. The van der Waals surface area contributed by atoms with Crippen LogP contribution in [0.4, 0.5) is 0 Å². The second-order valence-corrected chi connectivity index (χ2v) is 3.70. The Labute approximate surface area is 92.5 Å². The number of ether oxygens (including phenoxy) is 2. The van der Waals surface area contributed by atoms with Crippen LogP contribution in [0.15, 0.2) is 12.1 Å². The van der Waals surface area contributed by atoms with Crippen molar-refractivity contribution in [2.75, 3.05) is 13.3 Å². The van der Waals surface area contributed by atoms with Crippen molar-refractivity contribution in [2.24, 2.45) is 5.73 Å². The lowest BCUT2D eigenvalue weighted by molar-refractivity contribution is 0.153. The highest BCUT2D eigenvalue weighted by Gasteiger charge is 2.24. The van der Waals surface area contributed by atoms with Crippen molar-refractivity contribution in [2.45, 2.75) is 12.5 Å². The lowest BCUT2D eigenvalue weighted by Crippen LogP contribution is -2.08. The average molecular weight is 230 g/mol. The molecule has 0 saturated heterocycles. The van der Waals surface area contributed by atoms with E-state index in [1.165, 1.54) is 0 Å². The van der Waals surface area contributed by atoms with Gasteiger partial charge in [0.1, 0.15) is 0 Å². The fourth-order valence-electron chi connectivity index (χ4n) is 1.58. The van der Waals surface area contributed by atoms with Gasteiger partial charge in [0.15, 0.2) is 11.5 Å². The van der Waals surface area contributed by atoms with Gasteiger partial charge in [-0.1, -0.05) is 11.6 Å². The highest BCUT2D eigenvalue weighted by Crippen LogP contribution is 2.43. The summed E-state index contributed by atoms with van der Waals surface area (Å²) in [5, 5.41) is 10.3. The third-order valence-electron chi connectivity index (χ3n) is 2.30. The summed E-state index contributed by atoms with van der Waals surface area (Å²) in [6.07, 6.45) is -0.265. The van der Waals surface area contributed by atoms with E-state index >= 15 is 0 Å². The number of rotatable bonds is 3. The Balaban J connectivity index is 2.40. The van der Waals surface area contributed by atoms with Crippen molar-refractivity contribution in [3.63, 3.8) is 0 Å². The van der Waals surface area contributed by atoms with E-state index in [2.05, 4.69) is 0 Å². The number of hydrogen-bond donors (Lipinski definition) is 2. The molecule has 0 aliphatic carbocycles. The quantitative estimate of drug-likeness (QED) is 0.824. The molecule has 1 aromatic carbocycles. The third-order valence-corrected chi connectivity index (χ3v) is 2.63. The summed E-state index contributed by atoms with van der Waals surface area (Å²) in [5.74, 6) is 1.15. The molecule has 1 aliphatic rings. The van der Waals surface area contributed by atoms with Gasteiger partial charge in [0.05, 0.1) is 11.1 Å². The van der Waals surface area contributed by atoms with Gasteiger partial charge in [-0.2, -0.15) is 0 Å². The summed E-state index contributed by atoms with van der Waals surface area (Å²) >= 11 is 6.00. The zero-order valence-electron chi connectivity index (χ0n) is 8.07. The minimum Gasteiger partial charge on any atom is -0.454 e. The molecule has 0 bridgehead atoms. The van der Waals surface area contributed by atoms with E-state index in [0.29, 0.717) is 35.1 Å². The predicted octanol–water partition coefficient (Wildman–Crippen LogP) is 1.45. The summed E-state index contributed by atoms with van der Waals surface area (Å²) in [4.78, 5) is 0. The van der Waals surface area contributed by atoms with Crippen molar-refractivity contribution in [3.05, 3.63) is 22.7 Å². The molecule has 15 heavy (non-hydrogen) atoms. The van der Waals surface area contributed by atoms with E-state index in [0.717, 1.165) is 0 Å². The lowest BCUT2D eigenvalue weighted by atomic mass is 10.0. The average Bonchev–Trinajstić information content (AvgIpc) is 2.65. The normalized spacial score (nSPS) is 15.4. The summed E-state index contributed by atoms with van der Waals surface area (Å²) in [5.41, 5.74) is 5.95. The van der Waals surface area contributed by atoms with Gasteiger partial charge in [-0.05, 0) is 25.1 Å². The maximum absolute atomic E-state index is 9.87. The molecule has 1 heterocycles. The number of hydrogen-bond acceptors (Lipinski definition) is 4. The van der Waals surface area contributed by atoms with E-state index in [9.17, 15) is 5.11 Å². The topological polar surface area (TPSA) is 64.7 Å². The zero-order chi connectivity index (χ0) is 10.8. The molecule has 1 unspecified atom stereocenters. The van der Waals surface area contributed by atoms with Crippen molar-refractivity contribution in [1.82, 2.24) is 0 Å². The van der Waals surface area contributed by atoms with Crippen LogP contribution in [-0.4, -0.2) is 18.4 Å². The van der Waals surface area contributed by atoms with Crippen LogP contribution in [-0.2, 0) is 0 Å². The highest BCUT2D eigenvalue weighted by molar-refractivity contribution is 6.31. The Morgan fingerprint density at radius 2 is 2.27 bits per heavy atom. The van der Waals surface area contributed by atoms with Crippen LogP contribution < -0.4 is 15.2 Å². The Kier molecular flexibility index (Phi) is 3.00. The van der Waals surface area contributed by atoms with Crippen molar-refractivity contribution >= 4 is 11.6 Å². The second-order valence-electron chi connectivity index (χ2n) is 3.29. The molecule has 82 valence electrons. The molecular weight excluding hydrogens is 218 g/mol. The molecule has 0 saturated carbocycles. The van der Waals surface area contributed by atoms with Gasteiger partial charge < -0.3 is 20.3 Å². The van der Waals surface area contributed by atoms with E-state index in [-0.39, 0.29) is 6.79 Å². The molecule has 1 atom stereocenters. The summed E-state index contributed by atoms with van der Waals surface area (Å²) in [6.45, 7) is 0.556. The number of nitrogens with two attached hydrogens (primary N) is 1. The molecule has 1 aliphatic heterocycles. The molecule has 0 aromatic heterocycles. The number of halogens is 1. The van der Waals surface area contributed by atoms with Crippen LogP contribution in [0.2, 0.25) is 5.02 Å². The monoisotopic (exact) mass is 229 g/mol. The van der Waals surface area contributed by atoms with Crippen LogP contribution >= 0.6 is 11.6 Å². The first-order valence-electron chi connectivity index (χ1n) is 4.70. The zero-order valence-corrected chi connectivity index (χ0v) is 8.83. The van der Waals surface area contributed by atoms with Crippen molar-refractivity contribution in [1.29, 1.82) is 0 Å². The van der Waals surface area contributed by atoms with E-state index in [1.54, 1.807) is 12.1 Å². The SMILES string of the molecule is NCCC(O)c1c(Cl)ccc2c1OCO2. The minimum absolute atomic E-state index is 0.165. The van der Waals surface area contributed by atoms with E-state index < -0.39 is 6.10 Å². The molecule has 5 heteroatoms. The van der Waals surface area contributed by atoms with Gasteiger partial charge in [-0.15, -0.1) is 0 Å². The van der Waals surface area contributed by atoms with E-state index in [4.69, 9.17) is 26.8 Å². The number of aliphatic hydroxyl groups excluding tert-OH is 1. The van der Waals surface area contributed by atoms with Gasteiger partial charge in [0, 0.05) is 5.56 Å². The largest absolute Gasteiger partial charge is 0.454 e. The maximum Gasteiger partial charge on any atom is 0.231 e. The molecule has 0 amide bonds. The minimum atomic E-state index is -0.709.